The minimum atomic E-state index is -4.70. The maximum absolute atomic E-state index is 12.0. The van der Waals surface area contributed by atoms with Crippen LogP contribution >= 0.6 is 0 Å². The van der Waals surface area contributed by atoms with Gasteiger partial charge in [-0.15, -0.1) is 13.2 Å². The Morgan fingerprint density at radius 2 is 2.00 bits per heavy atom. The van der Waals surface area contributed by atoms with E-state index in [9.17, 15) is 13.2 Å². The summed E-state index contributed by atoms with van der Waals surface area (Å²) in [5, 5.41) is 0. The molecule has 0 aliphatic rings. The first-order valence-electron chi connectivity index (χ1n) is 4.94. The molecule has 0 aliphatic carbocycles. The van der Waals surface area contributed by atoms with E-state index in [1.165, 1.54) is 18.2 Å². The van der Waals surface area contributed by atoms with Gasteiger partial charge in [0.05, 0.1) is 0 Å². The Hall–Kier alpha value is -1.69. The van der Waals surface area contributed by atoms with Crippen molar-refractivity contribution in [3.63, 3.8) is 0 Å². The summed E-state index contributed by atoms with van der Waals surface area (Å²) in [4.78, 5) is 0. The minimum absolute atomic E-state index is 0.293. The molecule has 0 bridgehead atoms. The first kappa shape index (κ1) is 13.4. The summed E-state index contributed by atoms with van der Waals surface area (Å²) in [6.45, 7) is 0.467. The molecule has 0 spiro atoms. The van der Waals surface area contributed by atoms with Crippen LogP contribution in [0, 0.1) is 0 Å². The second kappa shape index (κ2) is 5.58. The topological polar surface area (TPSA) is 61.3 Å². The van der Waals surface area contributed by atoms with Crippen LogP contribution in [0.2, 0.25) is 0 Å². The average molecular weight is 246 g/mol. The molecule has 0 saturated heterocycles. The lowest BCUT2D eigenvalue weighted by Crippen LogP contribution is -2.17. The molecule has 6 heteroatoms. The highest BCUT2D eigenvalue weighted by Gasteiger charge is 2.31. The van der Waals surface area contributed by atoms with Crippen LogP contribution in [-0.4, -0.2) is 12.9 Å². The molecule has 17 heavy (non-hydrogen) atoms. The molecule has 3 nitrogen and oxygen atoms in total. The molecule has 1 aromatic carbocycles. The zero-order chi connectivity index (χ0) is 12.9. The Morgan fingerprint density at radius 1 is 1.29 bits per heavy atom. The van der Waals surface area contributed by atoms with Gasteiger partial charge in [-0.3, -0.25) is 0 Å². The molecule has 0 aromatic heterocycles. The third-order valence-electron chi connectivity index (χ3n) is 1.92. The van der Waals surface area contributed by atoms with Gasteiger partial charge in [-0.1, -0.05) is 12.2 Å². The summed E-state index contributed by atoms with van der Waals surface area (Å²) in [5.74, 6) is -0.293. The molecule has 0 amide bonds. The standard InChI is InChI=1S/C11H13F3N2O/c12-11(13,14)17-9-4-5-10(16)8(7-9)3-1-2-6-15/h1,3-5,7H,2,6,15-16H2. The maximum Gasteiger partial charge on any atom is 0.573 e. The van der Waals surface area contributed by atoms with Gasteiger partial charge in [0.2, 0.25) is 0 Å². The number of hydrogen-bond donors (Lipinski definition) is 2. The van der Waals surface area contributed by atoms with Gasteiger partial charge in [0.25, 0.3) is 0 Å². The molecule has 4 N–H and O–H groups in total. The van der Waals surface area contributed by atoms with Crippen LogP contribution < -0.4 is 16.2 Å². The summed E-state index contributed by atoms with van der Waals surface area (Å²) in [7, 11) is 0. The zero-order valence-electron chi connectivity index (χ0n) is 9.00. The van der Waals surface area contributed by atoms with Crippen molar-refractivity contribution in [1.82, 2.24) is 0 Å². The van der Waals surface area contributed by atoms with Gasteiger partial charge in [0.1, 0.15) is 5.75 Å². The molecular formula is C11H13F3N2O. The average Bonchev–Trinajstić information content (AvgIpc) is 2.21. The van der Waals surface area contributed by atoms with E-state index < -0.39 is 6.36 Å². The van der Waals surface area contributed by atoms with Crippen LogP contribution in [0.3, 0.4) is 0 Å². The van der Waals surface area contributed by atoms with E-state index in [0.29, 0.717) is 24.2 Å². The predicted octanol–water partition coefficient (Wildman–Crippen LogP) is 2.53. The first-order valence-corrected chi connectivity index (χ1v) is 4.94. The molecule has 94 valence electrons. The van der Waals surface area contributed by atoms with E-state index in [0.717, 1.165) is 0 Å². The molecule has 1 aromatic rings. The highest BCUT2D eigenvalue weighted by molar-refractivity contribution is 5.66. The SMILES string of the molecule is NCCC=Cc1cc(OC(F)(F)F)ccc1N. The fraction of sp³-hybridized carbons (Fsp3) is 0.273. The number of benzene rings is 1. The summed E-state index contributed by atoms with van der Waals surface area (Å²) in [5.41, 5.74) is 11.8. The van der Waals surface area contributed by atoms with Crippen LogP contribution in [0.25, 0.3) is 6.08 Å². The Kier molecular flexibility index (Phi) is 4.39. The van der Waals surface area contributed by atoms with E-state index >= 15 is 0 Å². The zero-order valence-corrected chi connectivity index (χ0v) is 9.00. The Labute approximate surface area is 96.9 Å². The summed E-state index contributed by atoms with van der Waals surface area (Å²) in [6, 6.07) is 3.77. The van der Waals surface area contributed by atoms with Crippen molar-refractivity contribution in [1.29, 1.82) is 0 Å². The van der Waals surface area contributed by atoms with Crippen molar-refractivity contribution >= 4 is 11.8 Å². The summed E-state index contributed by atoms with van der Waals surface area (Å²) >= 11 is 0. The number of halogens is 3. The quantitative estimate of drug-likeness (QED) is 0.802. The predicted molar refractivity (Wildman–Crippen MR) is 60.2 cm³/mol. The summed E-state index contributed by atoms with van der Waals surface area (Å²) in [6.07, 6.45) is -0.716. The third kappa shape index (κ3) is 4.78. The van der Waals surface area contributed by atoms with E-state index in [1.54, 1.807) is 12.2 Å². The third-order valence-corrected chi connectivity index (χ3v) is 1.92. The smallest absolute Gasteiger partial charge is 0.406 e. The normalized spacial score (nSPS) is 12.0. The number of anilines is 1. The van der Waals surface area contributed by atoms with Crippen LogP contribution in [0.15, 0.2) is 24.3 Å². The van der Waals surface area contributed by atoms with Crippen molar-refractivity contribution < 1.29 is 17.9 Å². The molecule has 0 fully saturated rings. The van der Waals surface area contributed by atoms with Gasteiger partial charge in [0.15, 0.2) is 0 Å². The van der Waals surface area contributed by atoms with Crippen molar-refractivity contribution in [2.24, 2.45) is 5.73 Å². The molecule has 0 unspecified atom stereocenters. The molecule has 0 aliphatic heterocycles. The number of nitrogens with two attached hydrogens (primary N) is 2. The first-order chi connectivity index (χ1) is 7.92. The molecule has 1 rings (SSSR count). The number of nitrogen functional groups attached to an aromatic ring is 1. The molecule has 0 heterocycles. The van der Waals surface area contributed by atoms with Crippen LogP contribution in [0.5, 0.6) is 5.75 Å². The van der Waals surface area contributed by atoms with E-state index in [2.05, 4.69) is 4.74 Å². The van der Waals surface area contributed by atoms with Crippen LogP contribution in [-0.2, 0) is 0 Å². The fourth-order valence-corrected chi connectivity index (χ4v) is 1.20. The van der Waals surface area contributed by atoms with Gasteiger partial charge >= 0.3 is 6.36 Å². The van der Waals surface area contributed by atoms with Gasteiger partial charge in [-0.25, -0.2) is 0 Å². The van der Waals surface area contributed by atoms with Gasteiger partial charge in [0, 0.05) is 11.3 Å². The highest BCUT2D eigenvalue weighted by Crippen LogP contribution is 2.26. The summed E-state index contributed by atoms with van der Waals surface area (Å²) < 4.78 is 39.8. The number of alkyl halides is 3. The lowest BCUT2D eigenvalue weighted by atomic mass is 10.1. The van der Waals surface area contributed by atoms with E-state index in [1.807, 2.05) is 0 Å². The molecule has 0 saturated carbocycles. The van der Waals surface area contributed by atoms with Gasteiger partial charge in [-0.2, -0.15) is 0 Å². The molecule has 0 atom stereocenters. The van der Waals surface area contributed by atoms with E-state index in [4.69, 9.17) is 11.5 Å². The van der Waals surface area contributed by atoms with Crippen molar-refractivity contribution in [2.75, 3.05) is 12.3 Å². The largest absolute Gasteiger partial charge is 0.573 e. The molecular weight excluding hydrogens is 233 g/mol. The second-order valence-corrected chi connectivity index (χ2v) is 3.32. The molecule has 0 radical (unpaired) electrons. The Balaban J connectivity index is 2.86. The number of hydrogen-bond acceptors (Lipinski definition) is 3. The van der Waals surface area contributed by atoms with Crippen LogP contribution in [0.1, 0.15) is 12.0 Å². The monoisotopic (exact) mass is 246 g/mol. The van der Waals surface area contributed by atoms with Crippen molar-refractivity contribution in [3.05, 3.63) is 29.8 Å². The highest BCUT2D eigenvalue weighted by atomic mass is 19.4. The Morgan fingerprint density at radius 3 is 2.59 bits per heavy atom. The Bertz CT molecular complexity index is 402. The number of ether oxygens (including phenoxy) is 1. The van der Waals surface area contributed by atoms with Crippen LogP contribution in [0.4, 0.5) is 18.9 Å². The maximum atomic E-state index is 12.0. The number of rotatable bonds is 4. The van der Waals surface area contributed by atoms with E-state index in [-0.39, 0.29) is 5.75 Å². The second-order valence-electron chi connectivity index (χ2n) is 3.32. The minimum Gasteiger partial charge on any atom is -0.406 e. The van der Waals surface area contributed by atoms with Gasteiger partial charge in [-0.05, 0) is 31.2 Å². The fourth-order valence-electron chi connectivity index (χ4n) is 1.20. The lowest BCUT2D eigenvalue weighted by Gasteiger charge is -2.10. The van der Waals surface area contributed by atoms with Gasteiger partial charge < -0.3 is 16.2 Å². The lowest BCUT2D eigenvalue weighted by molar-refractivity contribution is -0.274. The van der Waals surface area contributed by atoms with Crippen molar-refractivity contribution in [3.8, 4) is 5.75 Å². The van der Waals surface area contributed by atoms with Crippen molar-refractivity contribution in [2.45, 2.75) is 12.8 Å².